The van der Waals surface area contributed by atoms with Crippen molar-refractivity contribution in [2.24, 2.45) is 0 Å². The standard InChI is InChI=1S/C19H12N4OS3/c24-17-16-13(6-7-25-16)22-15(23-17)9-26-18-12-8-14(11-4-2-1-3-5-11)27-19(12)21-10-20-18/h1-8,10H,9H2,(H,22,23,24). The van der Waals surface area contributed by atoms with Gasteiger partial charge in [0.15, 0.2) is 0 Å². The summed E-state index contributed by atoms with van der Waals surface area (Å²) < 4.78 is 0.665. The van der Waals surface area contributed by atoms with Gasteiger partial charge in [0.2, 0.25) is 0 Å². The number of benzene rings is 1. The third-order valence-corrected chi connectivity index (χ3v) is 7.07. The van der Waals surface area contributed by atoms with Gasteiger partial charge in [0, 0.05) is 10.3 Å². The average molecular weight is 409 g/mol. The molecule has 27 heavy (non-hydrogen) atoms. The Hall–Kier alpha value is -2.55. The lowest BCUT2D eigenvalue weighted by Crippen LogP contribution is -2.09. The van der Waals surface area contributed by atoms with E-state index in [-0.39, 0.29) is 5.56 Å². The number of hydrogen-bond donors (Lipinski definition) is 1. The Morgan fingerprint density at radius 2 is 2.00 bits per heavy atom. The zero-order valence-electron chi connectivity index (χ0n) is 13.9. The van der Waals surface area contributed by atoms with Gasteiger partial charge in [0.25, 0.3) is 5.56 Å². The molecule has 5 nitrogen and oxygen atoms in total. The van der Waals surface area contributed by atoms with Crippen LogP contribution >= 0.6 is 34.4 Å². The second-order valence-electron chi connectivity index (χ2n) is 5.81. The zero-order valence-corrected chi connectivity index (χ0v) is 16.3. The monoisotopic (exact) mass is 408 g/mol. The zero-order chi connectivity index (χ0) is 18.2. The van der Waals surface area contributed by atoms with Crippen LogP contribution < -0.4 is 5.56 Å². The van der Waals surface area contributed by atoms with E-state index >= 15 is 0 Å². The average Bonchev–Trinajstić information content (AvgIpc) is 3.34. The van der Waals surface area contributed by atoms with Crippen LogP contribution in [0, 0.1) is 0 Å². The van der Waals surface area contributed by atoms with Crippen LogP contribution in [0.1, 0.15) is 5.82 Å². The summed E-state index contributed by atoms with van der Waals surface area (Å²) >= 11 is 4.62. The van der Waals surface area contributed by atoms with Gasteiger partial charge in [-0.15, -0.1) is 22.7 Å². The molecule has 0 bridgehead atoms. The van der Waals surface area contributed by atoms with E-state index in [9.17, 15) is 4.79 Å². The van der Waals surface area contributed by atoms with Crippen LogP contribution in [0.3, 0.4) is 0 Å². The summed E-state index contributed by atoms with van der Waals surface area (Å²) in [6.45, 7) is 0. The summed E-state index contributed by atoms with van der Waals surface area (Å²) in [5.74, 6) is 1.20. The van der Waals surface area contributed by atoms with Crippen molar-refractivity contribution in [1.82, 2.24) is 19.9 Å². The first-order valence-corrected chi connectivity index (χ1v) is 10.9. The molecule has 0 saturated heterocycles. The van der Waals surface area contributed by atoms with Crippen molar-refractivity contribution in [2.45, 2.75) is 10.8 Å². The molecule has 0 amide bonds. The molecule has 0 saturated carbocycles. The fourth-order valence-corrected chi connectivity index (χ4v) is 5.46. The number of fused-ring (bicyclic) bond motifs is 2. The minimum atomic E-state index is -0.0830. The highest BCUT2D eigenvalue weighted by atomic mass is 32.2. The predicted octanol–water partition coefficient (Wildman–Crippen LogP) is 4.95. The number of aromatic amines is 1. The Kier molecular flexibility index (Phi) is 4.23. The van der Waals surface area contributed by atoms with Crippen molar-refractivity contribution < 1.29 is 0 Å². The number of H-pyrrole nitrogens is 1. The molecule has 0 aliphatic heterocycles. The number of nitrogens with one attached hydrogen (secondary N) is 1. The van der Waals surface area contributed by atoms with Crippen LogP contribution in [-0.2, 0) is 5.75 Å². The maximum atomic E-state index is 12.1. The second-order valence-corrected chi connectivity index (χ2v) is 8.72. The number of thiophene rings is 2. The molecule has 4 aromatic heterocycles. The smallest absolute Gasteiger partial charge is 0.268 e. The summed E-state index contributed by atoms with van der Waals surface area (Å²) in [7, 11) is 0. The molecule has 4 heterocycles. The fourth-order valence-electron chi connectivity index (χ4n) is 2.82. The minimum absolute atomic E-state index is 0.0830. The normalized spacial score (nSPS) is 11.4. The molecule has 0 unspecified atom stereocenters. The van der Waals surface area contributed by atoms with Crippen LogP contribution in [0.5, 0.6) is 0 Å². The topological polar surface area (TPSA) is 71.5 Å². The Labute approximate surface area is 166 Å². The molecule has 0 atom stereocenters. The van der Waals surface area contributed by atoms with Gasteiger partial charge in [-0.2, -0.15) is 0 Å². The largest absolute Gasteiger partial charge is 0.309 e. The van der Waals surface area contributed by atoms with Crippen molar-refractivity contribution in [3.8, 4) is 10.4 Å². The maximum Gasteiger partial charge on any atom is 0.268 e. The highest BCUT2D eigenvalue weighted by molar-refractivity contribution is 7.98. The van der Waals surface area contributed by atoms with Gasteiger partial charge in [-0.1, -0.05) is 42.1 Å². The summed E-state index contributed by atoms with van der Waals surface area (Å²) in [6, 6.07) is 14.3. The number of nitrogens with zero attached hydrogens (tertiary/aromatic N) is 3. The molecule has 8 heteroatoms. The van der Waals surface area contributed by atoms with E-state index in [0.29, 0.717) is 16.3 Å². The molecular formula is C19H12N4OS3. The third-order valence-electron chi connectivity index (χ3n) is 4.06. The SMILES string of the molecule is O=c1[nH]c(CSc2ncnc3sc(-c4ccccc4)cc23)nc2ccsc12. The molecular weight excluding hydrogens is 396 g/mol. The molecule has 1 N–H and O–H groups in total. The van der Waals surface area contributed by atoms with E-state index in [1.807, 2.05) is 29.6 Å². The Balaban J connectivity index is 1.47. The van der Waals surface area contributed by atoms with Gasteiger partial charge in [0.05, 0.1) is 11.3 Å². The van der Waals surface area contributed by atoms with Crippen LogP contribution in [0.2, 0.25) is 0 Å². The van der Waals surface area contributed by atoms with E-state index in [4.69, 9.17) is 0 Å². The van der Waals surface area contributed by atoms with Crippen LogP contribution in [-0.4, -0.2) is 19.9 Å². The van der Waals surface area contributed by atoms with Gasteiger partial charge in [-0.05, 0) is 23.1 Å². The first-order valence-electron chi connectivity index (χ1n) is 8.17. The third kappa shape index (κ3) is 3.16. The van der Waals surface area contributed by atoms with Gasteiger partial charge in [-0.3, -0.25) is 4.79 Å². The van der Waals surface area contributed by atoms with Gasteiger partial charge >= 0.3 is 0 Å². The van der Waals surface area contributed by atoms with Gasteiger partial charge in [-0.25, -0.2) is 15.0 Å². The molecule has 0 radical (unpaired) electrons. The van der Waals surface area contributed by atoms with Crippen LogP contribution in [0.25, 0.3) is 30.9 Å². The number of rotatable bonds is 4. The Morgan fingerprint density at radius 1 is 1.11 bits per heavy atom. The lowest BCUT2D eigenvalue weighted by Gasteiger charge is -2.02. The van der Waals surface area contributed by atoms with E-state index in [1.165, 1.54) is 21.8 Å². The Morgan fingerprint density at radius 3 is 2.89 bits per heavy atom. The number of thioether (sulfide) groups is 1. The second kappa shape index (κ2) is 6.88. The summed E-state index contributed by atoms with van der Waals surface area (Å²) in [5.41, 5.74) is 1.83. The van der Waals surface area contributed by atoms with E-state index in [2.05, 4.69) is 38.1 Å². The van der Waals surface area contributed by atoms with E-state index in [0.717, 1.165) is 20.8 Å². The molecule has 0 aliphatic rings. The fraction of sp³-hybridized carbons (Fsp3) is 0.0526. The van der Waals surface area contributed by atoms with Crippen molar-refractivity contribution in [1.29, 1.82) is 0 Å². The molecule has 0 aliphatic carbocycles. The first-order chi connectivity index (χ1) is 13.3. The van der Waals surface area contributed by atoms with Gasteiger partial charge in [0.1, 0.15) is 26.7 Å². The van der Waals surface area contributed by atoms with Crippen LogP contribution in [0.15, 0.2) is 64.0 Å². The molecule has 0 spiro atoms. The predicted molar refractivity (Wildman–Crippen MR) is 113 cm³/mol. The highest BCUT2D eigenvalue weighted by Crippen LogP contribution is 2.36. The summed E-state index contributed by atoms with van der Waals surface area (Å²) in [4.78, 5) is 30.5. The number of aromatic nitrogens is 4. The maximum absolute atomic E-state index is 12.1. The minimum Gasteiger partial charge on any atom is -0.309 e. The molecule has 5 rings (SSSR count). The lowest BCUT2D eigenvalue weighted by molar-refractivity contribution is 1.04. The first kappa shape index (κ1) is 16.6. The van der Waals surface area contributed by atoms with E-state index in [1.54, 1.807) is 29.4 Å². The van der Waals surface area contributed by atoms with Crippen molar-refractivity contribution >= 4 is 54.9 Å². The summed E-state index contributed by atoms with van der Waals surface area (Å²) in [6.07, 6.45) is 1.59. The molecule has 1 aromatic carbocycles. The van der Waals surface area contributed by atoms with Crippen molar-refractivity contribution in [2.75, 3.05) is 0 Å². The van der Waals surface area contributed by atoms with E-state index < -0.39 is 0 Å². The van der Waals surface area contributed by atoms with Crippen molar-refractivity contribution in [3.63, 3.8) is 0 Å². The van der Waals surface area contributed by atoms with Crippen molar-refractivity contribution in [3.05, 3.63) is 70.4 Å². The Bertz CT molecular complexity index is 1310. The quantitative estimate of drug-likeness (QED) is 0.337. The lowest BCUT2D eigenvalue weighted by atomic mass is 10.2. The van der Waals surface area contributed by atoms with Crippen LogP contribution in [0.4, 0.5) is 0 Å². The number of hydrogen-bond acceptors (Lipinski definition) is 7. The van der Waals surface area contributed by atoms with Gasteiger partial charge < -0.3 is 4.98 Å². The highest BCUT2D eigenvalue weighted by Gasteiger charge is 2.12. The summed E-state index contributed by atoms with van der Waals surface area (Å²) in [5, 5.41) is 3.81. The molecule has 5 aromatic rings. The molecule has 0 fully saturated rings. The molecule has 132 valence electrons.